The van der Waals surface area contributed by atoms with E-state index >= 15 is 0 Å². The summed E-state index contributed by atoms with van der Waals surface area (Å²) in [5.74, 6) is 0.485. The van der Waals surface area contributed by atoms with Crippen LogP contribution in [0, 0.1) is 6.92 Å². The Kier molecular flexibility index (Phi) is 3.74. The Labute approximate surface area is 136 Å². The van der Waals surface area contributed by atoms with E-state index in [-0.39, 0.29) is 0 Å². The van der Waals surface area contributed by atoms with E-state index in [9.17, 15) is 0 Å². The molecule has 3 aromatic rings. The molecule has 1 heterocycles. The van der Waals surface area contributed by atoms with Crippen molar-refractivity contribution < 1.29 is 0 Å². The van der Waals surface area contributed by atoms with Crippen LogP contribution in [0.1, 0.15) is 5.56 Å². The van der Waals surface area contributed by atoms with Crippen LogP contribution in [0.25, 0.3) is 22.4 Å². The molecule has 3 N–H and O–H groups in total. The highest BCUT2D eigenvalue weighted by Gasteiger charge is 2.16. The van der Waals surface area contributed by atoms with Gasteiger partial charge in [0.15, 0.2) is 5.82 Å². The summed E-state index contributed by atoms with van der Waals surface area (Å²) in [4.78, 5) is 0. The lowest BCUT2D eigenvalue weighted by Crippen LogP contribution is -1.91. The van der Waals surface area contributed by atoms with Crippen LogP contribution in [-0.2, 0) is 0 Å². The summed E-state index contributed by atoms with van der Waals surface area (Å²) < 4.78 is 0.859. The van der Waals surface area contributed by atoms with E-state index in [2.05, 4.69) is 39.1 Å². The number of anilines is 1. The summed E-state index contributed by atoms with van der Waals surface area (Å²) in [5, 5.41) is 7.82. The minimum Gasteiger partial charge on any atom is -0.382 e. The van der Waals surface area contributed by atoms with Crippen LogP contribution in [0.4, 0.5) is 5.82 Å². The molecule has 106 valence electrons. The fraction of sp³-hybridized carbons (Fsp3) is 0.0625. The van der Waals surface area contributed by atoms with E-state index in [1.807, 2.05) is 36.4 Å². The normalized spacial score (nSPS) is 10.8. The lowest BCUT2D eigenvalue weighted by Gasteiger charge is -2.08. The van der Waals surface area contributed by atoms with Crippen LogP contribution in [0.2, 0.25) is 5.02 Å². The zero-order valence-corrected chi connectivity index (χ0v) is 13.7. The summed E-state index contributed by atoms with van der Waals surface area (Å²) in [6, 6.07) is 13.9. The molecule has 0 aliphatic heterocycles. The van der Waals surface area contributed by atoms with Crippen LogP contribution in [0.15, 0.2) is 46.9 Å². The van der Waals surface area contributed by atoms with Crippen molar-refractivity contribution >= 4 is 33.3 Å². The third-order valence-corrected chi connectivity index (χ3v) is 4.65. The van der Waals surface area contributed by atoms with Gasteiger partial charge in [0.1, 0.15) is 0 Å². The molecule has 3 rings (SSSR count). The highest BCUT2D eigenvalue weighted by atomic mass is 79.9. The number of nitrogens with two attached hydrogens (primary N) is 1. The minimum absolute atomic E-state index is 0.485. The summed E-state index contributed by atoms with van der Waals surface area (Å²) in [7, 11) is 0. The smallest absolute Gasteiger partial charge is 0.153 e. The van der Waals surface area contributed by atoms with Gasteiger partial charge in [0, 0.05) is 10.0 Å². The summed E-state index contributed by atoms with van der Waals surface area (Å²) >= 11 is 9.59. The monoisotopic (exact) mass is 361 g/mol. The zero-order valence-electron chi connectivity index (χ0n) is 11.3. The number of nitrogens with zero attached hydrogens (tertiary/aromatic N) is 1. The molecule has 0 saturated heterocycles. The SMILES string of the molecule is Cc1ccccc1-c1c(N)n[nH]c1-c1ccc(Br)c(Cl)c1. The van der Waals surface area contributed by atoms with Gasteiger partial charge in [-0.3, -0.25) is 5.10 Å². The molecule has 0 saturated carbocycles. The van der Waals surface area contributed by atoms with Crippen molar-refractivity contribution in [3.05, 3.63) is 57.5 Å². The first-order chi connectivity index (χ1) is 10.1. The summed E-state index contributed by atoms with van der Waals surface area (Å²) in [5.41, 5.74) is 11.0. The van der Waals surface area contributed by atoms with Crippen molar-refractivity contribution in [3.63, 3.8) is 0 Å². The molecule has 1 aromatic heterocycles. The van der Waals surface area contributed by atoms with Crippen molar-refractivity contribution in [2.75, 3.05) is 5.73 Å². The van der Waals surface area contributed by atoms with Gasteiger partial charge in [-0.15, -0.1) is 0 Å². The molecular formula is C16H13BrClN3. The first kappa shape index (κ1) is 14.2. The third-order valence-electron chi connectivity index (χ3n) is 3.42. The summed E-state index contributed by atoms with van der Waals surface area (Å²) in [6.45, 7) is 2.06. The predicted molar refractivity (Wildman–Crippen MR) is 91.3 cm³/mol. The van der Waals surface area contributed by atoms with Crippen LogP contribution in [-0.4, -0.2) is 10.2 Å². The largest absolute Gasteiger partial charge is 0.382 e. The summed E-state index contributed by atoms with van der Waals surface area (Å²) in [6.07, 6.45) is 0. The Bertz CT molecular complexity index is 811. The molecule has 0 aliphatic rings. The number of rotatable bonds is 2. The number of halogens is 2. The highest BCUT2D eigenvalue weighted by Crippen LogP contribution is 2.38. The molecule has 0 radical (unpaired) electrons. The second kappa shape index (κ2) is 5.54. The molecule has 0 fully saturated rings. The third kappa shape index (κ3) is 2.57. The number of aryl methyl sites for hydroxylation is 1. The maximum absolute atomic E-state index is 6.19. The van der Waals surface area contributed by atoms with Gasteiger partial charge in [0.2, 0.25) is 0 Å². The Morgan fingerprint density at radius 2 is 1.95 bits per heavy atom. The van der Waals surface area contributed by atoms with Crippen molar-refractivity contribution in [1.29, 1.82) is 0 Å². The van der Waals surface area contributed by atoms with Gasteiger partial charge in [-0.2, -0.15) is 5.10 Å². The fourth-order valence-corrected chi connectivity index (χ4v) is 2.77. The van der Waals surface area contributed by atoms with Gasteiger partial charge in [-0.25, -0.2) is 0 Å². The first-order valence-corrected chi connectivity index (χ1v) is 7.60. The quantitative estimate of drug-likeness (QED) is 0.670. The number of nitrogens with one attached hydrogen (secondary N) is 1. The van der Waals surface area contributed by atoms with Crippen LogP contribution < -0.4 is 5.73 Å². The topological polar surface area (TPSA) is 54.7 Å². The maximum atomic E-state index is 6.19. The Morgan fingerprint density at radius 3 is 2.67 bits per heavy atom. The van der Waals surface area contributed by atoms with Crippen molar-refractivity contribution in [3.8, 4) is 22.4 Å². The molecule has 0 aliphatic carbocycles. The van der Waals surface area contributed by atoms with Crippen LogP contribution in [0.3, 0.4) is 0 Å². The molecule has 5 heteroatoms. The predicted octanol–water partition coefficient (Wildman–Crippen LogP) is 5.05. The van der Waals surface area contributed by atoms with Crippen LogP contribution in [0.5, 0.6) is 0 Å². The molecular weight excluding hydrogens is 350 g/mol. The van der Waals surface area contributed by atoms with Gasteiger partial charge in [-0.05, 0) is 46.1 Å². The van der Waals surface area contributed by atoms with E-state index in [0.29, 0.717) is 10.8 Å². The van der Waals surface area contributed by atoms with Gasteiger partial charge >= 0.3 is 0 Å². The number of nitrogen functional groups attached to an aromatic ring is 1. The number of H-pyrrole nitrogens is 1. The molecule has 2 aromatic carbocycles. The number of aromatic nitrogens is 2. The van der Waals surface area contributed by atoms with Crippen molar-refractivity contribution in [1.82, 2.24) is 10.2 Å². The Morgan fingerprint density at radius 1 is 1.19 bits per heavy atom. The highest BCUT2D eigenvalue weighted by molar-refractivity contribution is 9.10. The number of aromatic amines is 1. The zero-order chi connectivity index (χ0) is 15.0. The average Bonchev–Trinajstić information content (AvgIpc) is 2.84. The molecule has 0 amide bonds. The van der Waals surface area contributed by atoms with Gasteiger partial charge < -0.3 is 5.73 Å². The van der Waals surface area contributed by atoms with Crippen molar-refractivity contribution in [2.24, 2.45) is 0 Å². The van der Waals surface area contributed by atoms with Crippen LogP contribution >= 0.6 is 27.5 Å². The van der Waals surface area contributed by atoms with Gasteiger partial charge in [0.25, 0.3) is 0 Å². The Hall–Kier alpha value is -1.78. The molecule has 3 nitrogen and oxygen atoms in total. The lowest BCUT2D eigenvalue weighted by atomic mass is 9.97. The molecule has 0 spiro atoms. The van der Waals surface area contributed by atoms with E-state index in [1.54, 1.807) is 0 Å². The fourth-order valence-electron chi connectivity index (χ4n) is 2.34. The maximum Gasteiger partial charge on any atom is 0.153 e. The second-order valence-corrected chi connectivity index (χ2v) is 6.06. The molecule has 0 atom stereocenters. The molecule has 0 unspecified atom stereocenters. The van der Waals surface area contributed by atoms with Gasteiger partial charge in [-0.1, -0.05) is 41.9 Å². The number of benzene rings is 2. The van der Waals surface area contributed by atoms with E-state index in [4.69, 9.17) is 17.3 Å². The van der Waals surface area contributed by atoms with E-state index < -0.39 is 0 Å². The van der Waals surface area contributed by atoms with E-state index in [1.165, 1.54) is 0 Å². The number of hydrogen-bond donors (Lipinski definition) is 2. The molecule has 21 heavy (non-hydrogen) atoms. The first-order valence-electron chi connectivity index (χ1n) is 6.43. The van der Waals surface area contributed by atoms with E-state index in [0.717, 1.165) is 32.4 Å². The Balaban J connectivity index is 2.22. The lowest BCUT2D eigenvalue weighted by molar-refractivity contribution is 1.10. The molecule has 0 bridgehead atoms. The van der Waals surface area contributed by atoms with Crippen molar-refractivity contribution in [2.45, 2.75) is 6.92 Å². The van der Waals surface area contributed by atoms with Gasteiger partial charge in [0.05, 0.1) is 16.3 Å². The number of hydrogen-bond acceptors (Lipinski definition) is 2. The standard InChI is InChI=1S/C16H13BrClN3/c1-9-4-2-3-5-11(9)14-15(20-21-16(14)19)10-6-7-12(17)13(18)8-10/h2-8H,1H3,(H3,19,20,21). The average molecular weight is 363 g/mol. The minimum atomic E-state index is 0.485. The second-order valence-electron chi connectivity index (χ2n) is 4.80.